The fourth-order valence-corrected chi connectivity index (χ4v) is 3.61. The average Bonchev–Trinajstić information content (AvgIpc) is 2.65. The maximum absolute atomic E-state index is 12.5. The Labute approximate surface area is 150 Å². The summed E-state index contributed by atoms with van der Waals surface area (Å²) < 4.78 is 10.5. The van der Waals surface area contributed by atoms with Gasteiger partial charge in [0.05, 0.1) is 24.3 Å². The number of carbonyl (C=O) groups is 2. The Bertz CT molecular complexity index is 1050. The molecule has 0 spiro atoms. The van der Waals surface area contributed by atoms with Gasteiger partial charge in [0.1, 0.15) is 0 Å². The molecule has 4 nitrogen and oxygen atoms in total. The molecule has 0 aromatic heterocycles. The molecule has 0 unspecified atom stereocenters. The third kappa shape index (κ3) is 2.37. The second-order valence-corrected chi connectivity index (χ2v) is 6.10. The van der Waals surface area contributed by atoms with Crippen molar-refractivity contribution in [2.45, 2.75) is 13.8 Å². The molecule has 0 amide bonds. The topological polar surface area (TPSA) is 52.6 Å². The van der Waals surface area contributed by atoms with Crippen LogP contribution in [0.1, 0.15) is 34.6 Å². The van der Waals surface area contributed by atoms with Gasteiger partial charge in [-0.15, -0.1) is 0 Å². The van der Waals surface area contributed by atoms with Crippen LogP contribution >= 0.6 is 0 Å². The van der Waals surface area contributed by atoms with Crippen molar-refractivity contribution < 1.29 is 19.1 Å². The smallest absolute Gasteiger partial charge is 0.338 e. The summed E-state index contributed by atoms with van der Waals surface area (Å²) in [6.07, 6.45) is 0. The Hall–Kier alpha value is -3.14. The van der Waals surface area contributed by atoms with Gasteiger partial charge in [-0.05, 0) is 58.3 Å². The van der Waals surface area contributed by atoms with Crippen molar-refractivity contribution >= 4 is 44.3 Å². The van der Waals surface area contributed by atoms with Crippen LogP contribution in [0.2, 0.25) is 0 Å². The molecule has 0 fully saturated rings. The summed E-state index contributed by atoms with van der Waals surface area (Å²) in [6.45, 7) is 4.24. The summed E-state index contributed by atoms with van der Waals surface area (Å²) in [7, 11) is 0. The van der Waals surface area contributed by atoms with Crippen LogP contribution in [0.4, 0.5) is 0 Å². The molecule has 0 atom stereocenters. The molecular formula is C22H18O4. The van der Waals surface area contributed by atoms with Crippen molar-refractivity contribution in [2.24, 2.45) is 0 Å². The molecule has 4 rings (SSSR count). The highest BCUT2D eigenvalue weighted by molar-refractivity contribution is 6.29. The number of benzene rings is 4. The Morgan fingerprint density at radius 2 is 1.15 bits per heavy atom. The minimum Gasteiger partial charge on any atom is -0.462 e. The third-order valence-corrected chi connectivity index (χ3v) is 4.61. The molecular weight excluding hydrogens is 328 g/mol. The standard InChI is InChI=1S/C22H18O4/c1-3-25-21(23)17-11-13-7-6-10-16-18(22(24)26-4-2)12-14-8-5-9-15(17)19(14)20(13)16/h5-12H,3-4H2,1-2H3. The predicted octanol–water partition coefficient (Wildman–Crippen LogP) is 4.94. The summed E-state index contributed by atoms with van der Waals surface area (Å²) >= 11 is 0. The van der Waals surface area contributed by atoms with Crippen LogP contribution in [-0.4, -0.2) is 25.2 Å². The minimum atomic E-state index is -0.336. The number of hydrogen-bond acceptors (Lipinski definition) is 4. The van der Waals surface area contributed by atoms with Gasteiger partial charge in [-0.2, -0.15) is 0 Å². The highest BCUT2D eigenvalue weighted by atomic mass is 16.5. The lowest BCUT2D eigenvalue weighted by atomic mass is 9.89. The molecule has 0 aliphatic carbocycles. The first-order chi connectivity index (χ1) is 12.7. The van der Waals surface area contributed by atoms with Crippen LogP contribution in [0, 0.1) is 0 Å². The van der Waals surface area contributed by atoms with Crippen LogP contribution in [0.15, 0.2) is 48.5 Å². The fourth-order valence-electron chi connectivity index (χ4n) is 3.61. The van der Waals surface area contributed by atoms with Crippen molar-refractivity contribution in [3.63, 3.8) is 0 Å². The summed E-state index contributed by atoms with van der Waals surface area (Å²) in [4.78, 5) is 24.9. The second-order valence-electron chi connectivity index (χ2n) is 6.10. The van der Waals surface area contributed by atoms with Crippen molar-refractivity contribution in [1.82, 2.24) is 0 Å². The molecule has 4 heteroatoms. The monoisotopic (exact) mass is 346 g/mol. The summed E-state index contributed by atoms with van der Waals surface area (Å²) in [5, 5.41) is 5.41. The van der Waals surface area contributed by atoms with E-state index in [2.05, 4.69) is 0 Å². The molecule has 4 aromatic rings. The molecule has 0 saturated heterocycles. The van der Waals surface area contributed by atoms with Gasteiger partial charge in [0, 0.05) is 0 Å². The number of ether oxygens (including phenoxy) is 2. The van der Waals surface area contributed by atoms with Gasteiger partial charge in [-0.3, -0.25) is 0 Å². The van der Waals surface area contributed by atoms with E-state index in [0.29, 0.717) is 24.3 Å². The zero-order chi connectivity index (χ0) is 18.3. The number of esters is 2. The van der Waals surface area contributed by atoms with E-state index in [0.717, 1.165) is 32.3 Å². The first-order valence-corrected chi connectivity index (χ1v) is 8.70. The van der Waals surface area contributed by atoms with Crippen molar-refractivity contribution in [3.8, 4) is 0 Å². The summed E-state index contributed by atoms with van der Waals surface area (Å²) in [5.74, 6) is -0.672. The molecule has 0 aliphatic rings. The molecule has 0 saturated carbocycles. The Morgan fingerprint density at radius 3 is 1.54 bits per heavy atom. The Morgan fingerprint density at radius 1 is 0.731 bits per heavy atom. The number of rotatable bonds is 4. The molecule has 130 valence electrons. The van der Waals surface area contributed by atoms with Crippen molar-refractivity contribution in [1.29, 1.82) is 0 Å². The van der Waals surface area contributed by atoms with Crippen LogP contribution in [0.5, 0.6) is 0 Å². The van der Waals surface area contributed by atoms with Gasteiger partial charge >= 0.3 is 11.9 Å². The highest BCUT2D eigenvalue weighted by Crippen LogP contribution is 2.38. The van der Waals surface area contributed by atoms with E-state index in [9.17, 15) is 9.59 Å². The molecule has 26 heavy (non-hydrogen) atoms. The zero-order valence-corrected chi connectivity index (χ0v) is 14.7. The molecule has 0 aliphatic heterocycles. The second kappa shape index (κ2) is 6.30. The molecule has 4 aromatic carbocycles. The van der Waals surface area contributed by atoms with Crippen LogP contribution in [0.25, 0.3) is 32.3 Å². The Balaban J connectivity index is 2.14. The first kappa shape index (κ1) is 16.3. The largest absolute Gasteiger partial charge is 0.462 e. The molecule has 0 radical (unpaired) electrons. The lowest BCUT2D eigenvalue weighted by Crippen LogP contribution is -2.08. The van der Waals surface area contributed by atoms with Crippen molar-refractivity contribution in [2.75, 3.05) is 13.2 Å². The van der Waals surface area contributed by atoms with E-state index in [1.165, 1.54) is 0 Å². The van der Waals surface area contributed by atoms with E-state index in [4.69, 9.17) is 9.47 Å². The Kier molecular flexibility index (Phi) is 3.96. The number of carbonyl (C=O) groups excluding carboxylic acids is 2. The van der Waals surface area contributed by atoms with Crippen LogP contribution < -0.4 is 0 Å². The third-order valence-electron chi connectivity index (χ3n) is 4.61. The van der Waals surface area contributed by atoms with E-state index in [-0.39, 0.29) is 11.9 Å². The van der Waals surface area contributed by atoms with Gasteiger partial charge < -0.3 is 9.47 Å². The fraction of sp³-hybridized carbons (Fsp3) is 0.182. The van der Waals surface area contributed by atoms with Gasteiger partial charge in [-0.1, -0.05) is 36.4 Å². The maximum Gasteiger partial charge on any atom is 0.338 e. The van der Waals surface area contributed by atoms with Gasteiger partial charge in [0.25, 0.3) is 0 Å². The molecule has 0 bridgehead atoms. The van der Waals surface area contributed by atoms with E-state index < -0.39 is 0 Å². The average molecular weight is 346 g/mol. The van der Waals surface area contributed by atoms with Crippen LogP contribution in [0.3, 0.4) is 0 Å². The van der Waals surface area contributed by atoms with E-state index >= 15 is 0 Å². The normalized spacial score (nSPS) is 11.3. The lowest BCUT2D eigenvalue weighted by molar-refractivity contribution is 0.0519. The number of hydrogen-bond donors (Lipinski definition) is 0. The molecule has 0 heterocycles. The van der Waals surface area contributed by atoms with E-state index in [1.807, 2.05) is 48.5 Å². The lowest BCUT2D eigenvalue weighted by Gasteiger charge is -2.16. The highest BCUT2D eigenvalue weighted by Gasteiger charge is 2.20. The predicted molar refractivity (Wildman–Crippen MR) is 102 cm³/mol. The SMILES string of the molecule is CCOC(=O)c1cc2cccc3c(C(=O)OCC)cc4cccc1c4c23. The van der Waals surface area contributed by atoms with Crippen LogP contribution in [-0.2, 0) is 9.47 Å². The minimum absolute atomic E-state index is 0.324. The summed E-state index contributed by atoms with van der Waals surface area (Å²) in [5.41, 5.74) is 1.09. The first-order valence-electron chi connectivity index (χ1n) is 8.70. The zero-order valence-electron chi connectivity index (χ0n) is 14.7. The van der Waals surface area contributed by atoms with Gasteiger partial charge in [-0.25, -0.2) is 9.59 Å². The van der Waals surface area contributed by atoms with Gasteiger partial charge in [0.15, 0.2) is 0 Å². The quantitative estimate of drug-likeness (QED) is 0.388. The van der Waals surface area contributed by atoms with E-state index in [1.54, 1.807) is 13.8 Å². The van der Waals surface area contributed by atoms with Crippen molar-refractivity contribution in [3.05, 3.63) is 59.7 Å². The maximum atomic E-state index is 12.5. The van der Waals surface area contributed by atoms with Gasteiger partial charge in [0.2, 0.25) is 0 Å². The summed E-state index contributed by atoms with van der Waals surface area (Å²) in [6, 6.07) is 15.2. The molecule has 0 N–H and O–H groups in total.